The molecule has 6 nitrogen and oxygen atoms in total. The zero-order valence-corrected chi connectivity index (χ0v) is 14.7. The summed E-state index contributed by atoms with van der Waals surface area (Å²) in [5.74, 6) is -0.204. The predicted octanol–water partition coefficient (Wildman–Crippen LogP) is 1.82. The summed E-state index contributed by atoms with van der Waals surface area (Å²) in [6, 6.07) is 11.2. The van der Waals surface area contributed by atoms with Crippen molar-refractivity contribution in [3.8, 4) is 0 Å². The van der Waals surface area contributed by atoms with Crippen LogP contribution in [0.2, 0.25) is 0 Å². The number of amides is 1. The van der Waals surface area contributed by atoms with Crippen LogP contribution in [0.25, 0.3) is 0 Å². The van der Waals surface area contributed by atoms with Gasteiger partial charge in [-0.2, -0.15) is 0 Å². The molecule has 6 heteroatoms. The Morgan fingerprint density at radius 3 is 2.24 bits per heavy atom. The molecule has 2 aromatic heterocycles. The second-order valence-corrected chi connectivity index (χ2v) is 6.12. The van der Waals surface area contributed by atoms with Crippen molar-refractivity contribution in [1.82, 2.24) is 20.2 Å². The maximum atomic E-state index is 12.6. The number of hydrogen-bond acceptors (Lipinski definition) is 5. The van der Waals surface area contributed by atoms with Crippen molar-refractivity contribution in [1.29, 1.82) is 0 Å². The molecule has 0 bridgehead atoms. The smallest absolute Gasteiger partial charge is 0.237 e. The van der Waals surface area contributed by atoms with Crippen molar-refractivity contribution in [3.05, 3.63) is 60.2 Å². The zero-order valence-electron chi connectivity index (χ0n) is 14.7. The maximum absolute atomic E-state index is 12.6. The summed E-state index contributed by atoms with van der Waals surface area (Å²) in [7, 11) is 0. The number of nitrogens with zero attached hydrogens (tertiary/aromatic N) is 3. The fourth-order valence-electron chi connectivity index (χ4n) is 2.20. The van der Waals surface area contributed by atoms with Crippen molar-refractivity contribution in [2.75, 3.05) is 13.1 Å². The molecule has 0 saturated carbocycles. The summed E-state index contributed by atoms with van der Waals surface area (Å²) in [6.45, 7) is 4.74. The van der Waals surface area contributed by atoms with Crippen LogP contribution in [0.3, 0.4) is 0 Å². The summed E-state index contributed by atoms with van der Waals surface area (Å²) in [6.07, 6.45) is 3.40. The van der Waals surface area contributed by atoms with Crippen molar-refractivity contribution in [3.63, 3.8) is 0 Å². The van der Waals surface area contributed by atoms with E-state index in [9.17, 15) is 9.59 Å². The van der Waals surface area contributed by atoms with Gasteiger partial charge in [-0.15, -0.1) is 0 Å². The second kappa shape index (κ2) is 9.64. The standard InChI is InChI=1S/C19H24N4O2/c1-15(2)18(24)14-23(13-17-8-4-6-10-22-17)19(25)12-20-11-16-7-3-5-9-21-16/h3-10,15,20H,11-14H2,1-2H3. The summed E-state index contributed by atoms with van der Waals surface area (Å²) in [4.78, 5) is 34.7. The van der Waals surface area contributed by atoms with E-state index in [0.717, 1.165) is 11.4 Å². The van der Waals surface area contributed by atoms with E-state index in [1.165, 1.54) is 0 Å². The zero-order chi connectivity index (χ0) is 18.1. The first-order chi connectivity index (χ1) is 12.1. The highest BCUT2D eigenvalue weighted by Gasteiger charge is 2.19. The molecule has 1 N–H and O–H groups in total. The van der Waals surface area contributed by atoms with Crippen LogP contribution >= 0.6 is 0 Å². The number of ketones is 1. The summed E-state index contributed by atoms with van der Waals surface area (Å²) < 4.78 is 0. The Balaban J connectivity index is 1.95. The van der Waals surface area contributed by atoms with Gasteiger partial charge >= 0.3 is 0 Å². The Labute approximate surface area is 148 Å². The van der Waals surface area contributed by atoms with Crippen molar-refractivity contribution >= 4 is 11.7 Å². The van der Waals surface area contributed by atoms with E-state index in [0.29, 0.717) is 13.1 Å². The first-order valence-corrected chi connectivity index (χ1v) is 8.37. The molecule has 2 aromatic rings. The number of pyridine rings is 2. The number of aromatic nitrogens is 2. The fraction of sp³-hybridized carbons (Fsp3) is 0.368. The SMILES string of the molecule is CC(C)C(=O)CN(Cc1ccccn1)C(=O)CNCc1ccccn1. The quantitative estimate of drug-likeness (QED) is 0.754. The largest absolute Gasteiger partial charge is 0.328 e. The highest BCUT2D eigenvalue weighted by Crippen LogP contribution is 2.05. The highest BCUT2D eigenvalue weighted by atomic mass is 16.2. The van der Waals surface area contributed by atoms with Crippen LogP contribution < -0.4 is 5.32 Å². The Morgan fingerprint density at radius 2 is 1.68 bits per heavy atom. The minimum atomic E-state index is -0.129. The molecule has 0 fully saturated rings. The molecule has 0 unspecified atom stereocenters. The normalized spacial score (nSPS) is 10.7. The van der Waals surface area contributed by atoms with Crippen LogP contribution in [0.1, 0.15) is 25.2 Å². The van der Waals surface area contributed by atoms with Gasteiger partial charge in [-0.1, -0.05) is 26.0 Å². The molecule has 25 heavy (non-hydrogen) atoms. The van der Waals surface area contributed by atoms with Crippen LogP contribution in [0.5, 0.6) is 0 Å². The van der Waals surface area contributed by atoms with Gasteiger partial charge in [0.25, 0.3) is 0 Å². The lowest BCUT2D eigenvalue weighted by molar-refractivity contribution is -0.136. The van der Waals surface area contributed by atoms with E-state index in [1.807, 2.05) is 50.2 Å². The minimum absolute atomic E-state index is 0.0361. The van der Waals surface area contributed by atoms with Gasteiger partial charge in [0.2, 0.25) is 5.91 Å². The van der Waals surface area contributed by atoms with Crippen LogP contribution in [-0.2, 0) is 22.7 Å². The number of Topliss-reactive ketones (excluding diaryl/α,β-unsaturated/α-hetero) is 1. The molecule has 0 radical (unpaired) electrons. The maximum Gasteiger partial charge on any atom is 0.237 e. The third kappa shape index (κ3) is 6.43. The molecule has 2 rings (SSSR count). The first-order valence-electron chi connectivity index (χ1n) is 8.37. The summed E-state index contributed by atoms with van der Waals surface area (Å²) >= 11 is 0. The van der Waals surface area contributed by atoms with Crippen LogP contribution in [0, 0.1) is 5.92 Å². The van der Waals surface area contributed by atoms with Crippen molar-refractivity contribution in [2.24, 2.45) is 5.92 Å². The summed E-state index contributed by atoms with van der Waals surface area (Å²) in [5.41, 5.74) is 1.63. The number of rotatable bonds is 9. The molecular formula is C19H24N4O2. The monoisotopic (exact) mass is 340 g/mol. The van der Waals surface area contributed by atoms with Gasteiger partial charge in [0.15, 0.2) is 5.78 Å². The average Bonchev–Trinajstić information content (AvgIpc) is 2.62. The average molecular weight is 340 g/mol. The molecular weight excluding hydrogens is 316 g/mol. The molecule has 0 saturated heterocycles. The lowest BCUT2D eigenvalue weighted by Crippen LogP contribution is -2.41. The molecule has 0 aliphatic carbocycles. The van der Waals surface area contributed by atoms with Crippen LogP contribution in [0.15, 0.2) is 48.8 Å². The Kier molecular flexibility index (Phi) is 7.22. The molecule has 0 spiro atoms. The lowest BCUT2D eigenvalue weighted by Gasteiger charge is -2.23. The van der Waals surface area contributed by atoms with Gasteiger partial charge in [0.05, 0.1) is 31.0 Å². The van der Waals surface area contributed by atoms with Gasteiger partial charge in [-0.3, -0.25) is 19.6 Å². The fourth-order valence-corrected chi connectivity index (χ4v) is 2.20. The molecule has 1 amide bonds. The Morgan fingerprint density at radius 1 is 1.04 bits per heavy atom. The van der Waals surface area contributed by atoms with E-state index in [2.05, 4.69) is 15.3 Å². The lowest BCUT2D eigenvalue weighted by atomic mass is 10.1. The topological polar surface area (TPSA) is 75.2 Å². The van der Waals surface area contributed by atoms with Gasteiger partial charge in [-0.25, -0.2) is 0 Å². The van der Waals surface area contributed by atoms with E-state index in [1.54, 1.807) is 17.3 Å². The van der Waals surface area contributed by atoms with Crippen LogP contribution in [-0.4, -0.2) is 39.6 Å². The highest BCUT2D eigenvalue weighted by molar-refractivity contribution is 5.87. The number of carbonyl (C=O) groups excluding carboxylic acids is 2. The molecule has 0 aromatic carbocycles. The number of nitrogens with one attached hydrogen (secondary N) is 1. The predicted molar refractivity (Wildman–Crippen MR) is 95.4 cm³/mol. The molecule has 0 aliphatic heterocycles. The molecule has 0 atom stereocenters. The van der Waals surface area contributed by atoms with E-state index < -0.39 is 0 Å². The number of carbonyl (C=O) groups is 2. The van der Waals surface area contributed by atoms with E-state index >= 15 is 0 Å². The molecule has 132 valence electrons. The Hall–Kier alpha value is -2.60. The van der Waals surface area contributed by atoms with Gasteiger partial charge in [0.1, 0.15) is 0 Å². The molecule has 2 heterocycles. The third-order valence-corrected chi connectivity index (χ3v) is 3.73. The first kappa shape index (κ1) is 18.7. The van der Waals surface area contributed by atoms with Gasteiger partial charge in [0, 0.05) is 24.9 Å². The Bertz CT molecular complexity index is 674. The van der Waals surface area contributed by atoms with E-state index in [4.69, 9.17) is 0 Å². The van der Waals surface area contributed by atoms with E-state index in [-0.39, 0.29) is 30.7 Å². The van der Waals surface area contributed by atoms with Gasteiger partial charge in [-0.05, 0) is 24.3 Å². The van der Waals surface area contributed by atoms with Crippen molar-refractivity contribution in [2.45, 2.75) is 26.9 Å². The summed E-state index contributed by atoms with van der Waals surface area (Å²) in [5, 5.41) is 3.08. The minimum Gasteiger partial charge on any atom is -0.328 e. The number of hydrogen-bond donors (Lipinski definition) is 1. The van der Waals surface area contributed by atoms with Crippen LogP contribution in [0.4, 0.5) is 0 Å². The second-order valence-electron chi connectivity index (χ2n) is 6.12. The van der Waals surface area contributed by atoms with Gasteiger partial charge < -0.3 is 10.2 Å². The van der Waals surface area contributed by atoms with Crippen molar-refractivity contribution < 1.29 is 9.59 Å². The third-order valence-electron chi connectivity index (χ3n) is 3.73. The molecule has 0 aliphatic rings.